The van der Waals surface area contributed by atoms with Crippen LogP contribution in [-0.4, -0.2) is 36.3 Å². The predicted molar refractivity (Wildman–Crippen MR) is 125 cm³/mol. The summed E-state index contributed by atoms with van der Waals surface area (Å²) in [4.78, 5) is 29.1. The molecule has 0 aromatic carbocycles. The topological polar surface area (TPSA) is 49.4 Å². The van der Waals surface area contributed by atoms with Crippen LogP contribution in [0.3, 0.4) is 0 Å². The van der Waals surface area contributed by atoms with Crippen molar-refractivity contribution in [1.82, 2.24) is 10.2 Å². The van der Waals surface area contributed by atoms with Crippen LogP contribution in [0, 0.1) is 41.4 Å². The minimum atomic E-state index is 0.0989. The molecule has 1 aromatic heterocycles. The van der Waals surface area contributed by atoms with Crippen LogP contribution in [0.5, 0.6) is 0 Å². The first kappa shape index (κ1) is 21.5. The van der Waals surface area contributed by atoms with E-state index in [1.165, 1.54) is 43.4 Å². The van der Waals surface area contributed by atoms with Gasteiger partial charge in [-0.2, -0.15) is 0 Å². The van der Waals surface area contributed by atoms with Gasteiger partial charge >= 0.3 is 0 Å². The van der Waals surface area contributed by atoms with Gasteiger partial charge in [-0.15, -0.1) is 11.3 Å². The van der Waals surface area contributed by atoms with Gasteiger partial charge < -0.3 is 10.2 Å². The quantitative estimate of drug-likeness (QED) is 0.694. The van der Waals surface area contributed by atoms with Crippen molar-refractivity contribution >= 4 is 23.2 Å². The van der Waals surface area contributed by atoms with Crippen LogP contribution in [0.25, 0.3) is 0 Å². The van der Waals surface area contributed by atoms with E-state index in [0.717, 1.165) is 42.0 Å². The number of nitrogens with one attached hydrogen (secondary N) is 1. The van der Waals surface area contributed by atoms with Crippen molar-refractivity contribution < 1.29 is 9.59 Å². The normalized spacial score (nSPS) is 42.0. The second kappa shape index (κ2) is 7.60. The zero-order valence-electron chi connectivity index (χ0n) is 19.6. The summed E-state index contributed by atoms with van der Waals surface area (Å²) in [6, 6.07) is 4.41. The monoisotopic (exact) mass is 442 g/mol. The molecule has 0 spiro atoms. The molecule has 1 saturated heterocycles. The number of carbonyl (C=O) groups is 2. The second-order valence-electron chi connectivity index (χ2n) is 11.4. The van der Waals surface area contributed by atoms with Gasteiger partial charge in [-0.1, -0.05) is 13.8 Å². The number of fused-ring (bicyclic) bond motifs is 5. The Labute approximate surface area is 191 Å². The minimum Gasteiger partial charge on any atom is -0.351 e. The Hall–Kier alpha value is -1.36. The molecule has 2 unspecified atom stereocenters. The van der Waals surface area contributed by atoms with E-state index in [-0.39, 0.29) is 11.3 Å². The average molecular weight is 443 g/mol. The van der Waals surface area contributed by atoms with Crippen LogP contribution in [0.15, 0.2) is 12.1 Å². The van der Waals surface area contributed by atoms with E-state index in [1.54, 1.807) is 11.3 Å². The Bertz CT molecular complexity index is 881. The molecule has 1 aromatic rings. The summed E-state index contributed by atoms with van der Waals surface area (Å²) in [5.74, 6) is 3.35. The molecule has 5 heteroatoms. The largest absolute Gasteiger partial charge is 0.351 e. The molecular formula is C26H38N2O2S. The fourth-order valence-corrected chi connectivity index (χ4v) is 9.24. The highest BCUT2D eigenvalue weighted by molar-refractivity contribution is 7.13. The zero-order chi connectivity index (χ0) is 22.0. The highest BCUT2D eigenvalue weighted by atomic mass is 32.1. The van der Waals surface area contributed by atoms with Crippen LogP contribution < -0.4 is 5.32 Å². The van der Waals surface area contributed by atoms with E-state index in [0.29, 0.717) is 23.3 Å². The van der Waals surface area contributed by atoms with Gasteiger partial charge in [0.1, 0.15) is 0 Å². The van der Waals surface area contributed by atoms with Crippen molar-refractivity contribution in [3.8, 4) is 0 Å². The molecule has 4 nitrogen and oxygen atoms in total. The number of carbonyl (C=O) groups excluding carboxylic acids is 2. The summed E-state index contributed by atoms with van der Waals surface area (Å²) in [6.07, 6.45) is 9.37. The maximum Gasteiger partial charge on any atom is 0.261 e. The molecule has 4 fully saturated rings. The molecule has 0 bridgehead atoms. The molecule has 2 amide bonds. The number of hydrogen-bond acceptors (Lipinski definition) is 3. The Kier molecular flexibility index (Phi) is 5.27. The highest BCUT2D eigenvalue weighted by Crippen LogP contribution is 2.66. The number of aryl methyl sites for hydroxylation is 1. The molecular weight excluding hydrogens is 404 g/mol. The SMILES string of the molecule is Cc1ccc(C(=O)NCC2CC[C@H]3[C@@H]4CCC5N(C)C(=O)CC[C@]5(C)[C@@H]4CC[C@]23C)s1. The van der Waals surface area contributed by atoms with E-state index in [9.17, 15) is 9.59 Å². The van der Waals surface area contributed by atoms with Gasteiger partial charge in [0.2, 0.25) is 5.91 Å². The number of piperidine rings is 1. The predicted octanol–water partition coefficient (Wildman–Crippen LogP) is 5.27. The van der Waals surface area contributed by atoms with Gasteiger partial charge in [0.15, 0.2) is 0 Å². The van der Waals surface area contributed by atoms with Gasteiger partial charge in [-0.05, 0) is 98.5 Å². The van der Waals surface area contributed by atoms with Gasteiger partial charge in [0.25, 0.3) is 5.91 Å². The van der Waals surface area contributed by atoms with Crippen molar-refractivity contribution in [3.63, 3.8) is 0 Å². The number of amides is 2. The standard InChI is InChI=1S/C26H38N2O2S/c1-16-5-9-21(31-16)24(30)27-15-17-6-8-19-18-7-10-22-26(3,14-12-23(29)28(22)4)20(18)11-13-25(17,19)2/h5,9,17-20,22H,6-8,10-15H2,1-4H3,(H,27,30)/t17?,18-,19-,20+,22?,25+,26+/m0/s1. The first-order valence-corrected chi connectivity index (χ1v) is 13.2. The number of rotatable bonds is 3. The fourth-order valence-electron chi connectivity index (χ4n) is 8.45. The fraction of sp³-hybridized carbons (Fsp3) is 0.769. The number of nitrogens with zero attached hydrogens (tertiary/aromatic N) is 1. The van der Waals surface area contributed by atoms with Crippen molar-refractivity contribution in [2.75, 3.05) is 13.6 Å². The van der Waals surface area contributed by atoms with E-state index < -0.39 is 0 Å². The lowest BCUT2D eigenvalue weighted by Gasteiger charge is -2.61. The Balaban J connectivity index is 1.29. The molecule has 5 rings (SSSR count). The van der Waals surface area contributed by atoms with Crippen LogP contribution in [0.1, 0.15) is 79.8 Å². The number of thiophene rings is 1. The molecule has 7 atom stereocenters. The van der Waals surface area contributed by atoms with E-state index in [2.05, 4.69) is 31.0 Å². The summed E-state index contributed by atoms with van der Waals surface area (Å²) in [5, 5.41) is 3.28. The average Bonchev–Trinajstić information content (AvgIpc) is 3.32. The third-order valence-corrected chi connectivity index (χ3v) is 11.2. The number of likely N-dealkylation sites (tertiary alicyclic amines) is 1. The highest BCUT2D eigenvalue weighted by Gasteiger charge is 2.60. The molecule has 1 aliphatic heterocycles. The van der Waals surface area contributed by atoms with E-state index in [1.807, 2.05) is 19.2 Å². The first-order valence-electron chi connectivity index (χ1n) is 12.3. The third kappa shape index (κ3) is 3.29. The van der Waals surface area contributed by atoms with E-state index >= 15 is 0 Å². The van der Waals surface area contributed by atoms with Crippen molar-refractivity contribution in [2.24, 2.45) is 34.5 Å². The van der Waals surface area contributed by atoms with E-state index in [4.69, 9.17) is 0 Å². The summed E-state index contributed by atoms with van der Waals surface area (Å²) < 4.78 is 0. The first-order chi connectivity index (χ1) is 14.7. The lowest BCUT2D eigenvalue weighted by atomic mass is 9.47. The molecule has 4 aliphatic rings. The van der Waals surface area contributed by atoms with Crippen LogP contribution in [0.4, 0.5) is 0 Å². The minimum absolute atomic E-state index is 0.0989. The van der Waals surface area contributed by atoms with Crippen LogP contribution in [0.2, 0.25) is 0 Å². The van der Waals surface area contributed by atoms with Crippen molar-refractivity contribution in [2.45, 2.75) is 78.2 Å². The number of hydrogen-bond donors (Lipinski definition) is 1. The van der Waals surface area contributed by atoms with Crippen LogP contribution in [-0.2, 0) is 4.79 Å². The van der Waals surface area contributed by atoms with Gasteiger partial charge in [0.05, 0.1) is 4.88 Å². The Morgan fingerprint density at radius 3 is 2.61 bits per heavy atom. The summed E-state index contributed by atoms with van der Waals surface area (Å²) in [6.45, 7) is 7.89. The smallest absolute Gasteiger partial charge is 0.261 e. The molecule has 1 N–H and O–H groups in total. The second-order valence-corrected chi connectivity index (χ2v) is 12.7. The lowest BCUT2D eigenvalue weighted by Crippen LogP contribution is -2.61. The molecule has 0 radical (unpaired) electrons. The van der Waals surface area contributed by atoms with Crippen LogP contribution >= 0.6 is 11.3 Å². The third-order valence-electron chi connectivity index (χ3n) is 10.2. The Morgan fingerprint density at radius 2 is 1.87 bits per heavy atom. The van der Waals surface area contributed by atoms with Gasteiger partial charge in [-0.3, -0.25) is 9.59 Å². The molecule has 3 aliphatic carbocycles. The molecule has 3 saturated carbocycles. The van der Waals surface area contributed by atoms with Crippen molar-refractivity contribution in [1.29, 1.82) is 0 Å². The molecule has 170 valence electrons. The summed E-state index contributed by atoms with van der Waals surface area (Å²) >= 11 is 1.59. The van der Waals surface area contributed by atoms with Crippen molar-refractivity contribution in [3.05, 3.63) is 21.9 Å². The van der Waals surface area contributed by atoms with Gasteiger partial charge in [-0.25, -0.2) is 0 Å². The molecule has 2 heterocycles. The molecule has 31 heavy (non-hydrogen) atoms. The lowest BCUT2D eigenvalue weighted by molar-refractivity contribution is -0.158. The maximum absolute atomic E-state index is 12.6. The maximum atomic E-state index is 12.6. The summed E-state index contributed by atoms with van der Waals surface area (Å²) in [7, 11) is 2.04. The van der Waals surface area contributed by atoms with Gasteiger partial charge in [0, 0.05) is 30.9 Å². The zero-order valence-corrected chi connectivity index (χ0v) is 20.4. The Morgan fingerprint density at radius 1 is 1.10 bits per heavy atom. The summed E-state index contributed by atoms with van der Waals surface area (Å²) in [5.41, 5.74) is 0.635.